The van der Waals surface area contributed by atoms with Gasteiger partial charge in [0.15, 0.2) is 5.75 Å². The van der Waals surface area contributed by atoms with Gasteiger partial charge in [0.2, 0.25) is 0 Å². The van der Waals surface area contributed by atoms with Crippen molar-refractivity contribution in [3.63, 3.8) is 0 Å². The van der Waals surface area contributed by atoms with Gasteiger partial charge >= 0.3 is 5.69 Å². The van der Waals surface area contributed by atoms with E-state index in [1.54, 1.807) is 0 Å². The zero-order chi connectivity index (χ0) is 10.8. The van der Waals surface area contributed by atoms with Crippen LogP contribution in [0.3, 0.4) is 0 Å². The Hall–Kier alpha value is -1.69. The first kappa shape index (κ1) is 9.85. The Kier molecular flexibility index (Phi) is 2.51. The molecule has 1 fully saturated rings. The highest BCUT2D eigenvalue weighted by Gasteiger charge is 2.25. The number of nitro benzene ring substituents is 1. The summed E-state index contributed by atoms with van der Waals surface area (Å²) in [6.07, 6.45) is -0.0205. The van der Waals surface area contributed by atoms with Crippen LogP contribution in [0.15, 0.2) is 18.2 Å². The number of nitro groups is 1. The second-order valence-corrected chi connectivity index (χ2v) is 3.14. The number of ether oxygens (including phenoxy) is 2. The molecule has 0 aliphatic carbocycles. The standard InChI is InChI=1S/C9H8FNO4/c10-6-1-2-8(11(12)13)9(3-6)15-5-7-4-14-7/h1-3,7H,4-5H2/t7-/m0/s1. The first-order valence-corrected chi connectivity index (χ1v) is 4.35. The molecule has 0 N–H and O–H groups in total. The predicted molar refractivity (Wildman–Crippen MR) is 48.3 cm³/mol. The van der Waals surface area contributed by atoms with Crippen molar-refractivity contribution in [1.82, 2.24) is 0 Å². The minimum absolute atomic E-state index is 0.0205. The molecule has 1 aromatic carbocycles. The first-order chi connectivity index (χ1) is 7.16. The summed E-state index contributed by atoms with van der Waals surface area (Å²) >= 11 is 0. The van der Waals surface area contributed by atoms with Crippen LogP contribution >= 0.6 is 0 Å². The topological polar surface area (TPSA) is 64.9 Å². The molecular weight excluding hydrogens is 205 g/mol. The van der Waals surface area contributed by atoms with Crippen LogP contribution < -0.4 is 4.74 Å². The Morgan fingerprint density at radius 3 is 3.00 bits per heavy atom. The smallest absolute Gasteiger partial charge is 0.311 e. The summed E-state index contributed by atoms with van der Waals surface area (Å²) in [5.74, 6) is -0.622. The van der Waals surface area contributed by atoms with E-state index in [2.05, 4.69) is 0 Å². The number of nitrogens with zero attached hydrogens (tertiary/aromatic N) is 1. The van der Waals surface area contributed by atoms with Crippen molar-refractivity contribution in [3.05, 3.63) is 34.1 Å². The summed E-state index contributed by atoms with van der Waals surface area (Å²) in [6.45, 7) is 0.799. The van der Waals surface area contributed by atoms with Gasteiger partial charge in [0.25, 0.3) is 0 Å². The summed E-state index contributed by atoms with van der Waals surface area (Å²) in [5.41, 5.74) is -0.239. The molecule has 0 saturated carbocycles. The maximum atomic E-state index is 12.8. The van der Waals surface area contributed by atoms with E-state index in [-0.39, 0.29) is 24.1 Å². The zero-order valence-corrected chi connectivity index (χ0v) is 7.68. The quantitative estimate of drug-likeness (QED) is 0.432. The lowest BCUT2D eigenvalue weighted by atomic mass is 10.3. The summed E-state index contributed by atoms with van der Waals surface area (Å²) in [6, 6.07) is 3.11. The van der Waals surface area contributed by atoms with Crippen LogP contribution in [0.1, 0.15) is 0 Å². The van der Waals surface area contributed by atoms with Crippen LogP contribution in [-0.2, 0) is 4.74 Å². The Morgan fingerprint density at radius 2 is 2.40 bits per heavy atom. The second kappa shape index (κ2) is 3.82. The summed E-state index contributed by atoms with van der Waals surface area (Å²) in [7, 11) is 0. The Labute approximate surface area is 84.6 Å². The molecule has 0 unspecified atom stereocenters. The van der Waals surface area contributed by atoms with E-state index in [9.17, 15) is 14.5 Å². The van der Waals surface area contributed by atoms with Gasteiger partial charge in [-0.3, -0.25) is 10.1 Å². The Bertz CT molecular complexity index is 392. The molecule has 6 heteroatoms. The maximum absolute atomic E-state index is 12.8. The lowest BCUT2D eigenvalue weighted by Crippen LogP contribution is -2.06. The lowest BCUT2D eigenvalue weighted by molar-refractivity contribution is -0.385. The van der Waals surface area contributed by atoms with Gasteiger partial charge in [-0.05, 0) is 6.07 Å². The van der Waals surface area contributed by atoms with E-state index >= 15 is 0 Å². The number of halogens is 1. The van der Waals surface area contributed by atoms with Crippen molar-refractivity contribution in [2.45, 2.75) is 6.10 Å². The number of epoxide rings is 1. The van der Waals surface area contributed by atoms with Crippen LogP contribution in [0, 0.1) is 15.9 Å². The van der Waals surface area contributed by atoms with E-state index in [0.717, 1.165) is 18.2 Å². The van der Waals surface area contributed by atoms with Crippen molar-refractivity contribution >= 4 is 5.69 Å². The molecule has 1 aromatic rings. The SMILES string of the molecule is O=[N+]([O-])c1ccc(F)cc1OC[C@@H]1CO1. The molecule has 15 heavy (non-hydrogen) atoms. The lowest BCUT2D eigenvalue weighted by Gasteiger charge is -2.04. The van der Waals surface area contributed by atoms with Gasteiger partial charge in [-0.1, -0.05) is 0 Å². The molecule has 1 atom stereocenters. The molecule has 1 saturated heterocycles. The van der Waals surface area contributed by atoms with Gasteiger partial charge in [-0.25, -0.2) is 4.39 Å². The van der Waals surface area contributed by atoms with E-state index in [1.807, 2.05) is 0 Å². The maximum Gasteiger partial charge on any atom is 0.311 e. The molecule has 1 aliphatic rings. The highest BCUT2D eigenvalue weighted by Crippen LogP contribution is 2.28. The van der Waals surface area contributed by atoms with E-state index in [4.69, 9.17) is 9.47 Å². The van der Waals surface area contributed by atoms with Crippen LogP contribution in [0.2, 0.25) is 0 Å². The Balaban J connectivity index is 2.16. The molecule has 1 aliphatic heterocycles. The van der Waals surface area contributed by atoms with Crippen LogP contribution in [0.5, 0.6) is 5.75 Å². The highest BCUT2D eigenvalue weighted by atomic mass is 19.1. The molecule has 80 valence electrons. The van der Waals surface area contributed by atoms with Crippen molar-refractivity contribution in [2.24, 2.45) is 0 Å². The highest BCUT2D eigenvalue weighted by molar-refractivity contribution is 5.46. The van der Waals surface area contributed by atoms with Crippen LogP contribution in [0.25, 0.3) is 0 Å². The fourth-order valence-electron chi connectivity index (χ4n) is 1.10. The minimum atomic E-state index is -0.609. The van der Waals surface area contributed by atoms with Gasteiger partial charge in [0, 0.05) is 12.1 Å². The van der Waals surface area contributed by atoms with Gasteiger partial charge in [0.1, 0.15) is 18.5 Å². The minimum Gasteiger partial charge on any atom is -0.484 e. The number of hydrogen-bond acceptors (Lipinski definition) is 4. The molecule has 2 rings (SSSR count). The van der Waals surface area contributed by atoms with E-state index in [1.165, 1.54) is 0 Å². The average Bonchev–Trinajstić information content (AvgIpc) is 2.97. The molecule has 0 amide bonds. The van der Waals surface area contributed by atoms with Crippen molar-refractivity contribution in [3.8, 4) is 5.75 Å². The molecule has 0 bridgehead atoms. The van der Waals surface area contributed by atoms with Gasteiger partial charge < -0.3 is 9.47 Å². The monoisotopic (exact) mass is 213 g/mol. The molecule has 0 spiro atoms. The van der Waals surface area contributed by atoms with E-state index < -0.39 is 10.7 Å². The van der Waals surface area contributed by atoms with Gasteiger partial charge in [0.05, 0.1) is 11.5 Å². The van der Waals surface area contributed by atoms with Crippen molar-refractivity contribution in [2.75, 3.05) is 13.2 Å². The van der Waals surface area contributed by atoms with Crippen LogP contribution in [0.4, 0.5) is 10.1 Å². The number of hydrogen-bond donors (Lipinski definition) is 0. The average molecular weight is 213 g/mol. The predicted octanol–water partition coefficient (Wildman–Crippen LogP) is 1.51. The summed E-state index contributed by atoms with van der Waals surface area (Å²) < 4.78 is 22.8. The van der Waals surface area contributed by atoms with Crippen molar-refractivity contribution in [1.29, 1.82) is 0 Å². The fourth-order valence-corrected chi connectivity index (χ4v) is 1.10. The largest absolute Gasteiger partial charge is 0.484 e. The number of rotatable bonds is 4. The first-order valence-electron chi connectivity index (χ1n) is 4.35. The third kappa shape index (κ3) is 2.41. The summed E-state index contributed by atoms with van der Waals surface area (Å²) in [5, 5.41) is 10.6. The number of benzene rings is 1. The van der Waals surface area contributed by atoms with E-state index in [0.29, 0.717) is 6.61 Å². The third-order valence-electron chi connectivity index (χ3n) is 1.95. The molecule has 0 radical (unpaired) electrons. The molecular formula is C9H8FNO4. The third-order valence-corrected chi connectivity index (χ3v) is 1.95. The van der Waals surface area contributed by atoms with Crippen LogP contribution in [-0.4, -0.2) is 24.2 Å². The zero-order valence-electron chi connectivity index (χ0n) is 7.68. The van der Waals surface area contributed by atoms with Crippen molar-refractivity contribution < 1.29 is 18.8 Å². The van der Waals surface area contributed by atoms with Gasteiger partial charge in [-0.15, -0.1) is 0 Å². The summed E-state index contributed by atoms with van der Waals surface area (Å²) in [4.78, 5) is 9.96. The Morgan fingerprint density at radius 1 is 1.67 bits per heavy atom. The molecule has 5 nitrogen and oxygen atoms in total. The van der Waals surface area contributed by atoms with Gasteiger partial charge in [-0.2, -0.15) is 0 Å². The normalized spacial score (nSPS) is 18.6. The molecule has 1 heterocycles. The fraction of sp³-hybridized carbons (Fsp3) is 0.333. The second-order valence-electron chi connectivity index (χ2n) is 3.14. The molecule has 0 aromatic heterocycles.